The van der Waals surface area contributed by atoms with E-state index in [9.17, 15) is 4.79 Å². The Morgan fingerprint density at radius 3 is 2.88 bits per heavy atom. The summed E-state index contributed by atoms with van der Waals surface area (Å²) in [6.07, 6.45) is 7.65. The molecule has 0 aliphatic heterocycles. The van der Waals surface area contributed by atoms with Crippen molar-refractivity contribution in [2.45, 2.75) is 32.6 Å². The van der Waals surface area contributed by atoms with Gasteiger partial charge in [0.25, 0.3) is 0 Å². The number of hydrogen-bond donors (Lipinski definition) is 1. The fourth-order valence-electron chi connectivity index (χ4n) is 3.42. The summed E-state index contributed by atoms with van der Waals surface area (Å²) in [6, 6.07) is 6.70. The van der Waals surface area contributed by atoms with Crippen LogP contribution in [0.15, 0.2) is 29.7 Å². The zero-order valence-electron chi connectivity index (χ0n) is 13.5. The van der Waals surface area contributed by atoms with Gasteiger partial charge in [-0.2, -0.15) is 0 Å². The molecule has 1 aliphatic carbocycles. The van der Waals surface area contributed by atoms with E-state index in [2.05, 4.69) is 33.0 Å². The van der Waals surface area contributed by atoms with Crippen molar-refractivity contribution >= 4 is 28.3 Å². The first kappa shape index (κ1) is 15.1. The molecule has 0 radical (unpaired) electrons. The van der Waals surface area contributed by atoms with Crippen molar-refractivity contribution in [2.75, 3.05) is 0 Å². The minimum atomic E-state index is -0.949. The zero-order valence-corrected chi connectivity index (χ0v) is 14.3. The lowest BCUT2D eigenvalue weighted by Gasteiger charge is -2.16. The van der Waals surface area contributed by atoms with E-state index < -0.39 is 5.97 Å². The monoisotopic (exact) mass is 338 g/mol. The molecule has 0 fully saturated rings. The van der Waals surface area contributed by atoms with Gasteiger partial charge in [-0.1, -0.05) is 12.1 Å². The second-order valence-corrected chi connectivity index (χ2v) is 7.02. The van der Waals surface area contributed by atoms with Crippen molar-refractivity contribution in [3.8, 4) is 11.3 Å². The van der Waals surface area contributed by atoms with Crippen molar-refractivity contribution in [1.29, 1.82) is 0 Å². The molecule has 0 spiro atoms. The van der Waals surface area contributed by atoms with Crippen LogP contribution in [0.5, 0.6) is 0 Å². The highest BCUT2D eigenvalue weighted by atomic mass is 32.1. The molecule has 0 bridgehead atoms. The van der Waals surface area contributed by atoms with Gasteiger partial charge in [-0.05, 0) is 61.4 Å². The van der Waals surface area contributed by atoms with Crippen molar-refractivity contribution in [3.05, 3.63) is 52.2 Å². The Hall–Kier alpha value is -2.40. The van der Waals surface area contributed by atoms with Crippen LogP contribution in [0.1, 0.15) is 35.4 Å². The molecule has 0 saturated heterocycles. The van der Waals surface area contributed by atoms with Crippen LogP contribution in [-0.2, 0) is 17.6 Å². The molecule has 122 valence electrons. The van der Waals surface area contributed by atoms with E-state index in [4.69, 9.17) is 5.11 Å². The van der Waals surface area contributed by atoms with Gasteiger partial charge in [0.2, 0.25) is 0 Å². The van der Waals surface area contributed by atoms with Gasteiger partial charge in [0.15, 0.2) is 4.96 Å². The second kappa shape index (κ2) is 5.91. The average molecular weight is 338 g/mol. The zero-order chi connectivity index (χ0) is 16.7. The van der Waals surface area contributed by atoms with Crippen LogP contribution in [0.4, 0.5) is 0 Å². The summed E-state index contributed by atoms with van der Waals surface area (Å²) in [5.74, 6) is -0.949. The van der Waals surface area contributed by atoms with Crippen LogP contribution in [0.2, 0.25) is 0 Å². The fourth-order valence-corrected chi connectivity index (χ4v) is 4.37. The van der Waals surface area contributed by atoms with Crippen LogP contribution in [0.25, 0.3) is 22.3 Å². The highest BCUT2D eigenvalue weighted by Gasteiger charge is 2.16. The molecule has 3 aromatic rings. The number of nitrogens with zero attached hydrogens (tertiary/aromatic N) is 2. The average Bonchev–Trinajstić information content (AvgIpc) is 3.10. The van der Waals surface area contributed by atoms with Crippen LogP contribution < -0.4 is 0 Å². The molecule has 24 heavy (non-hydrogen) atoms. The number of aliphatic carboxylic acids is 1. The standard InChI is InChI=1S/C19H18N2O2S/c1-12-16(8-9-18(22)23)21-17(11-24-19(21)20-12)15-7-6-13-4-2-3-5-14(13)10-15/h6-11H,2-5H2,1H3,(H,22,23)/b9-8+. The van der Waals surface area contributed by atoms with Crippen LogP contribution >= 0.6 is 11.3 Å². The topological polar surface area (TPSA) is 54.6 Å². The van der Waals surface area contributed by atoms with E-state index in [0.29, 0.717) is 0 Å². The molecule has 0 unspecified atom stereocenters. The predicted molar refractivity (Wildman–Crippen MR) is 96.6 cm³/mol. The molecule has 0 amide bonds. The number of benzene rings is 1. The summed E-state index contributed by atoms with van der Waals surface area (Å²) in [6.45, 7) is 1.91. The van der Waals surface area contributed by atoms with Crippen molar-refractivity contribution < 1.29 is 9.90 Å². The molecule has 1 aromatic carbocycles. The third-order valence-electron chi connectivity index (χ3n) is 4.61. The molecule has 4 nitrogen and oxygen atoms in total. The third-order valence-corrected chi connectivity index (χ3v) is 5.44. The molecule has 2 aromatic heterocycles. The lowest BCUT2D eigenvalue weighted by atomic mass is 9.90. The molecule has 1 N–H and O–H groups in total. The van der Waals surface area contributed by atoms with Gasteiger partial charge in [0.1, 0.15) is 0 Å². The van der Waals surface area contributed by atoms with E-state index in [1.165, 1.54) is 42.0 Å². The first-order valence-electron chi connectivity index (χ1n) is 8.13. The quantitative estimate of drug-likeness (QED) is 0.723. The van der Waals surface area contributed by atoms with Crippen molar-refractivity contribution in [1.82, 2.24) is 9.38 Å². The summed E-state index contributed by atoms with van der Waals surface area (Å²) in [7, 11) is 0. The van der Waals surface area contributed by atoms with Crippen molar-refractivity contribution in [2.24, 2.45) is 0 Å². The van der Waals surface area contributed by atoms with E-state index >= 15 is 0 Å². The maximum Gasteiger partial charge on any atom is 0.328 e. The number of rotatable bonds is 3. The summed E-state index contributed by atoms with van der Waals surface area (Å²) >= 11 is 1.59. The number of aromatic nitrogens is 2. The van der Waals surface area contributed by atoms with E-state index in [-0.39, 0.29) is 0 Å². The minimum Gasteiger partial charge on any atom is -0.478 e. The molecule has 4 rings (SSSR count). The number of imidazole rings is 1. The summed E-state index contributed by atoms with van der Waals surface area (Å²) < 4.78 is 2.06. The second-order valence-electron chi connectivity index (χ2n) is 6.18. The highest BCUT2D eigenvalue weighted by Crippen LogP contribution is 2.32. The molecule has 0 saturated carbocycles. The normalized spacial score (nSPS) is 14.4. The molecular formula is C19H18N2O2S. The summed E-state index contributed by atoms with van der Waals surface area (Å²) in [5.41, 5.74) is 6.83. The maximum atomic E-state index is 10.9. The molecule has 2 heterocycles. The molecule has 5 heteroatoms. The number of fused-ring (bicyclic) bond motifs is 2. The highest BCUT2D eigenvalue weighted by molar-refractivity contribution is 7.15. The van der Waals surface area contributed by atoms with Gasteiger partial charge in [-0.25, -0.2) is 9.78 Å². The number of carbonyl (C=O) groups is 1. The molecule has 1 aliphatic rings. The fraction of sp³-hybridized carbons (Fsp3) is 0.263. The number of carboxylic acids is 1. The smallest absolute Gasteiger partial charge is 0.328 e. The number of hydrogen-bond acceptors (Lipinski definition) is 3. The number of thiazole rings is 1. The summed E-state index contributed by atoms with van der Waals surface area (Å²) in [4.78, 5) is 16.3. The lowest BCUT2D eigenvalue weighted by Crippen LogP contribution is -2.02. The van der Waals surface area contributed by atoms with E-state index in [0.717, 1.165) is 28.5 Å². The Kier molecular flexibility index (Phi) is 3.73. The van der Waals surface area contributed by atoms with Gasteiger partial charge in [-0.3, -0.25) is 4.40 Å². The first-order valence-corrected chi connectivity index (χ1v) is 9.01. The predicted octanol–water partition coefficient (Wildman–Crippen LogP) is 4.35. The Balaban J connectivity index is 1.86. The van der Waals surface area contributed by atoms with Gasteiger partial charge in [0, 0.05) is 11.5 Å². The Morgan fingerprint density at radius 1 is 1.29 bits per heavy atom. The van der Waals surface area contributed by atoms with Gasteiger partial charge >= 0.3 is 5.97 Å². The Labute approximate surface area is 144 Å². The largest absolute Gasteiger partial charge is 0.478 e. The maximum absolute atomic E-state index is 10.9. The Bertz CT molecular complexity index is 965. The Morgan fingerprint density at radius 2 is 2.08 bits per heavy atom. The van der Waals surface area contributed by atoms with E-state index in [1.54, 1.807) is 17.4 Å². The van der Waals surface area contributed by atoms with Crippen LogP contribution in [0.3, 0.4) is 0 Å². The van der Waals surface area contributed by atoms with Gasteiger partial charge in [-0.15, -0.1) is 11.3 Å². The van der Waals surface area contributed by atoms with Crippen molar-refractivity contribution in [3.63, 3.8) is 0 Å². The minimum absolute atomic E-state index is 0.835. The number of carboxylic acid groups (broad SMARTS) is 1. The summed E-state index contributed by atoms with van der Waals surface area (Å²) in [5, 5.41) is 11.0. The van der Waals surface area contributed by atoms with Gasteiger partial charge < -0.3 is 5.11 Å². The molecule has 0 atom stereocenters. The SMILES string of the molecule is Cc1nc2scc(-c3ccc4c(c3)CCCC4)n2c1/C=C/C(=O)O. The van der Waals surface area contributed by atoms with E-state index in [1.807, 2.05) is 6.92 Å². The lowest BCUT2D eigenvalue weighted by molar-refractivity contribution is -0.131. The van der Waals surface area contributed by atoms with Crippen LogP contribution in [0, 0.1) is 6.92 Å². The third kappa shape index (κ3) is 2.55. The number of aryl methyl sites for hydroxylation is 3. The first-order chi connectivity index (χ1) is 11.6. The van der Waals surface area contributed by atoms with Gasteiger partial charge in [0.05, 0.1) is 17.1 Å². The molecular weight excluding hydrogens is 320 g/mol. The van der Waals surface area contributed by atoms with Crippen LogP contribution in [-0.4, -0.2) is 20.5 Å².